The van der Waals surface area contributed by atoms with Gasteiger partial charge in [-0.2, -0.15) is 0 Å². The lowest BCUT2D eigenvalue weighted by Crippen LogP contribution is -2.10. The quantitative estimate of drug-likeness (QED) is 0.0501. The van der Waals surface area contributed by atoms with Gasteiger partial charge in [-0.25, -0.2) is 0 Å². The molecule has 0 aliphatic heterocycles. The minimum absolute atomic E-state index is 0.0476. The van der Waals surface area contributed by atoms with Crippen LogP contribution in [0.15, 0.2) is 83.5 Å². The maximum absolute atomic E-state index is 12.3. The number of carbonyl (C=O) groups excluding carboxylic acids is 2. The van der Waals surface area contributed by atoms with Crippen LogP contribution in [0.25, 0.3) is 16.1 Å². The van der Waals surface area contributed by atoms with Crippen LogP contribution in [-0.2, 0) is 4.79 Å². The second kappa shape index (κ2) is 19.0. The number of amides is 1. The van der Waals surface area contributed by atoms with Gasteiger partial charge in [-0.05, 0) is 96.1 Å². The van der Waals surface area contributed by atoms with Crippen molar-refractivity contribution < 1.29 is 38.0 Å². The number of anilines is 1. The Balaban J connectivity index is 0.00000144. The molecule has 52 heavy (non-hydrogen) atoms. The number of methoxy groups -OCH3 is 5. The third-order valence-electron chi connectivity index (χ3n) is 7.89. The number of aldehydes is 1. The van der Waals surface area contributed by atoms with E-state index in [2.05, 4.69) is 27.2 Å². The molecule has 1 fully saturated rings. The number of carbonyl (C=O) groups is 2. The van der Waals surface area contributed by atoms with Gasteiger partial charge in [0.25, 0.3) is 5.91 Å². The lowest BCUT2D eigenvalue weighted by Gasteiger charge is -2.25. The molecule has 1 aliphatic rings. The maximum atomic E-state index is 12.3. The van der Waals surface area contributed by atoms with Crippen molar-refractivity contribution in [1.29, 1.82) is 0 Å². The molecule has 1 saturated carbocycles. The summed E-state index contributed by atoms with van der Waals surface area (Å²) in [6, 6.07) is 21.8. The lowest BCUT2D eigenvalue weighted by molar-refractivity contribution is -0.107. The fourth-order valence-corrected chi connectivity index (χ4v) is 5.04. The Labute approximate surface area is 302 Å². The van der Waals surface area contributed by atoms with E-state index in [1.165, 1.54) is 31.9 Å². The van der Waals surface area contributed by atoms with Gasteiger partial charge in [-0.15, -0.1) is 0 Å². The zero-order valence-electron chi connectivity index (χ0n) is 29.9. The molecule has 0 atom stereocenters. The highest BCUT2D eigenvalue weighted by molar-refractivity contribution is 5.98. The second-order valence-electron chi connectivity index (χ2n) is 11.1. The van der Waals surface area contributed by atoms with Crippen LogP contribution < -0.4 is 33.7 Å². The van der Waals surface area contributed by atoms with Crippen LogP contribution in [0.3, 0.4) is 0 Å². The predicted octanol–water partition coefficient (Wildman–Crippen LogP) is 8.97. The number of benzene rings is 4. The van der Waals surface area contributed by atoms with Gasteiger partial charge in [0.15, 0.2) is 23.0 Å². The molecule has 0 unspecified atom stereocenters. The summed E-state index contributed by atoms with van der Waals surface area (Å²) in [5, 5.41) is 6.76. The molecule has 0 radical (unpaired) electrons. The Morgan fingerprint density at radius 2 is 1.23 bits per heavy atom. The van der Waals surface area contributed by atoms with Gasteiger partial charge in [-0.3, -0.25) is 4.79 Å². The molecule has 1 amide bonds. The second-order valence-corrected chi connectivity index (χ2v) is 11.1. The number of ether oxygens (including phenoxy) is 6. The summed E-state index contributed by atoms with van der Waals surface area (Å²) >= 11 is 0. The van der Waals surface area contributed by atoms with E-state index in [4.69, 9.17) is 34.0 Å². The molecule has 0 spiro atoms. The summed E-state index contributed by atoms with van der Waals surface area (Å²) in [6.07, 6.45) is 4.69. The Morgan fingerprint density at radius 1 is 0.750 bits per heavy atom. The third kappa shape index (κ3) is 9.56. The number of nitrogens with one attached hydrogen (secondary N) is 1. The number of rotatable bonds is 12. The topological polar surface area (TPSA) is 150 Å². The first-order chi connectivity index (χ1) is 25.3. The van der Waals surface area contributed by atoms with Gasteiger partial charge in [0, 0.05) is 51.5 Å². The van der Waals surface area contributed by atoms with Crippen molar-refractivity contribution in [1.82, 2.24) is 0 Å². The standard InChI is InChI=1S/C37H34N4O7.C3H6O/c1-43-30-21-33(46-4)32(45-3)19-28(30)36(25-7-6-8-25)39-26-15-11-23(12-16-26)9-10-24-13-17-27(18-14-24)48-35-20-29(37(42)40-41-38)31(44-2)22-34(35)47-5;1-2-3-4/h11-22,39H,6-8H2,1-5H3;3H,2H2,1H3. The zero-order valence-corrected chi connectivity index (χ0v) is 29.9. The van der Waals surface area contributed by atoms with Crippen LogP contribution in [-0.4, -0.2) is 47.7 Å². The average molecular weight is 705 g/mol. The third-order valence-corrected chi connectivity index (χ3v) is 7.89. The number of hydrogen-bond donors (Lipinski definition) is 1. The van der Waals surface area contributed by atoms with E-state index in [0.29, 0.717) is 35.2 Å². The molecule has 1 N–H and O–H groups in total. The molecule has 0 aromatic heterocycles. The number of hydrogen-bond acceptors (Lipinski definition) is 9. The first kappa shape index (κ1) is 38.2. The molecule has 5 rings (SSSR count). The molecule has 4 aromatic rings. The highest BCUT2D eigenvalue weighted by atomic mass is 16.5. The van der Waals surface area contributed by atoms with E-state index in [-0.39, 0.29) is 17.1 Å². The van der Waals surface area contributed by atoms with E-state index >= 15 is 0 Å². The Hall–Kier alpha value is -6.57. The van der Waals surface area contributed by atoms with Crippen LogP contribution in [0.2, 0.25) is 0 Å². The smallest absolute Gasteiger partial charge is 0.253 e. The first-order valence-corrected chi connectivity index (χ1v) is 16.3. The zero-order chi connectivity index (χ0) is 37.5. The predicted molar refractivity (Wildman–Crippen MR) is 199 cm³/mol. The Bertz CT molecular complexity index is 2020. The van der Waals surface area contributed by atoms with Crippen molar-refractivity contribution in [3.63, 3.8) is 0 Å². The number of allylic oxidation sites excluding steroid dienone is 1. The van der Waals surface area contributed by atoms with Crippen molar-refractivity contribution in [2.24, 2.45) is 5.11 Å². The van der Waals surface area contributed by atoms with E-state index < -0.39 is 5.91 Å². The number of nitrogens with zero attached hydrogens (tertiary/aromatic N) is 3. The Kier molecular flexibility index (Phi) is 14.0. The molecule has 4 aromatic carbocycles. The SMILES string of the molecule is CCC=O.COc1cc(OC)c(C(Nc2ccc(C#Cc3ccc(Oc4cc(C(=O)N=[N+]=[N-])c(OC)cc4OC)cc3)cc2)=C2CCC2)cc1OC. The van der Waals surface area contributed by atoms with E-state index in [1.807, 2.05) is 55.5 Å². The highest BCUT2D eigenvalue weighted by Gasteiger charge is 2.22. The maximum Gasteiger partial charge on any atom is 0.253 e. The summed E-state index contributed by atoms with van der Waals surface area (Å²) in [4.78, 5) is 24.0. The molecule has 268 valence electrons. The minimum Gasteiger partial charge on any atom is -0.496 e. The highest BCUT2D eigenvalue weighted by Crippen LogP contribution is 2.42. The van der Waals surface area contributed by atoms with Crippen molar-refractivity contribution in [2.45, 2.75) is 32.6 Å². The van der Waals surface area contributed by atoms with Crippen LogP contribution in [0.5, 0.6) is 40.2 Å². The van der Waals surface area contributed by atoms with Gasteiger partial charge < -0.3 is 38.5 Å². The summed E-state index contributed by atoms with van der Waals surface area (Å²) in [5.41, 5.74) is 14.5. The van der Waals surface area contributed by atoms with Crippen molar-refractivity contribution in [3.8, 4) is 52.1 Å². The fraction of sp³-hybridized carbons (Fsp3) is 0.250. The van der Waals surface area contributed by atoms with Crippen LogP contribution in [0.4, 0.5) is 5.69 Å². The van der Waals surface area contributed by atoms with Crippen molar-refractivity contribution in [3.05, 3.63) is 111 Å². The monoisotopic (exact) mass is 704 g/mol. The molecular weight excluding hydrogens is 664 g/mol. The van der Waals surface area contributed by atoms with Gasteiger partial charge in [0.05, 0.1) is 41.1 Å². The molecule has 1 aliphatic carbocycles. The molecule has 12 heteroatoms. The summed E-state index contributed by atoms with van der Waals surface area (Å²) in [7, 11) is 7.74. The molecule has 0 bridgehead atoms. The lowest BCUT2D eigenvalue weighted by atomic mass is 9.88. The number of azide groups is 1. The summed E-state index contributed by atoms with van der Waals surface area (Å²) in [5.74, 6) is 8.79. The van der Waals surface area contributed by atoms with Gasteiger partial charge in [0.2, 0.25) is 0 Å². The van der Waals surface area contributed by atoms with E-state index in [9.17, 15) is 9.59 Å². The van der Waals surface area contributed by atoms with E-state index in [1.54, 1.807) is 33.5 Å². The fourth-order valence-electron chi connectivity index (χ4n) is 5.04. The van der Waals surface area contributed by atoms with Crippen molar-refractivity contribution in [2.75, 3.05) is 40.9 Å². The van der Waals surface area contributed by atoms with E-state index in [0.717, 1.165) is 53.6 Å². The average Bonchev–Trinajstić information content (AvgIpc) is 3.16. The first-order valence-electron chi connectivity index (χ1n) is 16.3. The molecular formula is C40H40N4O8. The Morgan fingerprint density at radius 3 is 1.71 bits per heavy atom. The minimum atomic E-state index is -0.801. The van der Waals surface area contributed by atoms with Crippen molar-refractivity contribution >= 4 is 23.6 Å². The summed E-state index contributed by atoms with van der Waals surface area (Å²) in [6.45, 7) is 1.81. The van der Waals surface area contributed by atoms with Crippen LogP contribution in [0.1, 0.15) is 59.7 Å². The molecule has 12 nitrogen and oxygen atoms in total. The molecule has 0 heterocycles. The largest absolute Gasteiger partial charge is 0.496 e. The van der Waals surface area contributed by atoms with Gasteiger partial charge in [0.1, 0.15) is 23.5 Å². The van der Waals surface area contributed by atoms with Crippen LogP contribution >= 0.6 is 0 Å². The van der Waals surface area contributed by atoms with Crippen LogP contribution in [0, 0.1) is 11.8 Å². The normalized spacial score (nSPS) is 11.1. The summed E-state index contributed by atoms with van der Waals surface area (Å²) < 4.78 is 33.4. The van der Waals surface area contributed by atoms with Gasteiger partial charge in [-0.1, -0.05) is 18.8 Å². The van der Waals surface area contributed by atoms with Gasteiger partial charge >= 0.3 is 0 Å². The molecule has 0 saturated heterocycles.